The molecule has 3 fully saturated rings. The number of carbonyl (C=O) groups excluding carboxylic acids is 6. The topological polar surface area (TPSA) is 199 Å². The van der Waals surface area contributed by atoms with Gasteiger partial charge in [0.1, 0.15) is 24.2 Å². The van der Waals surface area contributed by atoms with Crippen molar-refractivity contribution >= 4 is 52.9 Å². The van der Waals surface area contributed by atoms with Gasteiger partial charge in [-0.05, 0) is 103 Å². The molecule has 5 N–H and O–H groups in total. The maximum Gasteiger partial charge on any atom is 0.407 e. The highest BCUT2D eigenvalue weighted by atomic mass is 16.5. The van der Waals surface area contributed by atoms with Crippen LogP contribution in [-0.2, 0) is 34.1 Å². The van der Waals surface area contributed by atoms with E-state index >= 15 is 0 Å². The van der Waals surface area contributed by atoms with E-state index in [-0.39, 0.29) is 54.2 Å². The van der Waals surface area contributed by atoms with E-state index < -0.39 is 41.8 Å². The largest absolute Gasteiger partial charge is 0.453 e. The normalized spacial score (nSPS) is 20.5. The molecule has 0 spiro atoms. The number of benzene rings is 3. The van der Waals surface area contributed by atoms with E-state index in [4.69, 9.17) is 9.47 Å². The number of nitrogens with one attached hydrogen (secondary N) is 4. The second kappa shape index (κ2) is 21.4. The molecule has 0 aliphatic carbocycles. The zero-order valence-electron chi connectivity index (χ0n) is 39.5. The molecule has 356 valence electrons. The first-order valence-electron chi connectivity index (χ1n) is 23.1. The van der Waals surface area contributed by atoms with Crippen LogP contribution in [0.3, 0.4) is 0 Å². The Hall–Kier alpha value is -6.16. The van der Waals surface area contributed by atoms with E-state index in [2.05, 4.69) is 50.4 Å². The molecule has 16 nitrogen and oxygen atoms in total. The van der Waals surface area contributed by atoms with Gasteiger partial charge in [0.05, 0.1) is 32.9 Å². The molecule has 0 aromatic heterocycles. The molecule has 0 saturated carbocycles. The predicted molar refractivity (Wildman–Crippen MR) is 252 cm³/mol. The quantitative estimate of drug-likeness (QED) is 0.110. The van der Waals surface area contributed by atoms with Crippen molar-refractivity contribution in [3.8, 4) is 0 Å². The Labute approximate surface area is 388 Å². The zero-order chi connectivity index (χ0) is 47.9. The molecule has 16 heteroatoms. The van der Waals surface area contributed by atoms with Crippen molar-refractivity contribution in [3.63, 3.8) is 0 Å². The average Bonchev–Trinajstić information content (AvgIpc) is 4.11. The van der Waals surface area contributed by atoms with Crippen LogP contribution in [0.5, 0.6) is 0 Å². The first kappa shape index (κ1) is 49.3. The first-order chi connectivity index (χ1) is 31.5. The highest BCUT2D eigenvalue weighted by Crippen LogP contribution is 2.47. The minimum atomic E-state index is -0.825. The molecule has 3 heterocycles. The van der Waals surface area contributed by atoms with Gasteiger partial charge in [-0.1, -0.05) is 77.9 Å². The summed E-state index contributed by atoms with van der Waals surface area (Å²) in [5.41, 5.74) is 4.94. The SMILES string of the molecule is COC(=O)N[C@H](C(=O)N1CCC[C@H]1C(=O)Nc1ccc([C@@H]2CC[C@@H](c3ccc(NC(=O)[C@@H]4CCCN4C(=O)[C@@H](NC(=O)OC)C(C)C)cc3)N2c2ccc(C(C)(C)CO)cc2)cc1)C(C)C. The Balaban J connectivity index is 1.18. The summed E-state index contributed by atoms with van der Waals surface area (Å²) >= 11 is 0. The lowest BCUT2D eigenvalue weighted by molar-refractivity contribution is -0.139. The van der Waals surface area contributed by atoms with E-state index in [0.29, 0.717) is 50.1 Å². The van der Waals surface area contributed by atoms with Crippen molar-refractivity contribution in [1.82, 2.24) is 20.4 Å². The lowest BCUT2D eigenvalue weighted by atomic mass is 9.85. The zero-order valence-corrected chi connectivity index (χ0v) is 39.5. The van der Waals surface area contributed by atoms with Gasteiger partial charge >= 0.3 is 12.2 Å². The molecular formula is C50H67N7O9. The third-order valence-electron chi connectivity index (χ3n) is 13.3. The summed E-state index contributed by atoms with van der Waals surface area (Å²) < 4.78 is 9.48. The van der Waals surface area contributed by atoms with E-state index in [0.717, 1.165) is 35.2 Å². The lowest BCUT2D eigenvalue weighted by Gasteiger charge is -2.34. The number of alkyl carbamates (subject to hydrolysis) is 2. The Morgan fingerprint density at radius 1 is 0.621 bits per heavy atom. The fourth-order valence-corrected chi connectivity index (χ4v) is 9.39. The van der Waals surface area contributed by atoms with Crippen molar-refractivity contribution in [1.29, 1.82) is 0 Å². The molecule has 3 aromatic carbocycles. The number of aliphatic hydroxyl groups is 1. The van der Waals surface area contributed by atoms with Gasteiger partial charge in [0.2, 0.25) is 23.6 Å². The number of rotatable bonds is 15. The summed E-state index contributed by atoms with van der Waals surface area (Å²) in [6, 6.07) is 20.9. The molecule has 3 aliphatic rings. The number of likely N-dealkylation sites (tertiary alicyclic amines) is 2. The molecule has 66 heavy (non-hydrogen) atoms. The maximum atomic E-state index is 13.7. The Morgan fingerprint density at radius 2 is 1.02 bits per heavy atom. The highest BCUT2D eigenvalue weighted by molar-refractivity contribution is 5.99. The highest BCUT2D eigenvalue weighted by Gasteiger charge is 2.41. The van der Waals surface area contributed by atoms with E-state index in [9.17, 15) is 33.9 Å². The third kappa shape index (κ3) is 11.1. The second-order valence-electron chi connectivity index (χ2n) is 18.9. The minimum absolute atomic E-state index is 0.00733. The number of ether oxygens (including phenoxy) is 2. The molecular weight excluding hydrogens is 843 g/mol. The summed E-state index contributed by atoms with van der Waals surface area (Å²) in [7, 11) is 2.49. The summed E-state index contributed by atoms with van der Waals surface area (Å²) in [4.78, 5) is 84.1. The standard InChI is InChI=1S/C50H67N7O9/c1-30(2)42(53-48(63)65-7)46(61)55-27-9-11-40(55)44(59)51-35-19-13-32(14-20-35)38-25-26-39(57(38)37-23-17-34(18-24-37)50(5,6)29-58)33-15-21-36(22-16-33)52-45(60)41-12-10-28-56(41)47(62)43(31(3)4)54-49(64)66-8/h13-24,30-31,38-43,58H,9-12,25-29H2,1-8H3,(H,51,59)(H,52,60)(H,53,63)(H,54,64)/t38-,39-,40-,41-,42-,43-/m0/s1. The van der Waals surface area contributed by atoms with Crippen LogP contribution in [0, 0.1) is 11.8 Å². The summed E-state index contributed by atoms with van der Waals surface area (Å²) in [6.07, 6.45) is 2.62. The minimum Gasteiger partial charge on any atom is -0.453 e. The average molecular weight is 910 g/mol. The van der Waals surface area contributed by atoms with Gasteiger partial charge in [0.25, 0.3) is 0 Å². The Morgan fingerprint density at radius 3 is 1.36 bits per heavy atom. The van der Waals surface area contributed by atoms with Crippen LogP contribution in [0.4, 0.5) is 26.7 Å². The van der Waals surface area contributed by atoms with Gasteiger partial charge in [-0.3, -0.25) is 19.2 Å². The number of methoxy groups -OCH3 is 2. The molecule has 3 saturated heterocycles. The van der Waals surface area contributed by atoms with Gasteiger partial charge in [0, 0.05) is 35.6 Å². The number of amides is 6. The van der Waals surface area contributed by atoms with Gasteiger partial charge in [-0.2, -0.15) is 0 Å². The molecule has 0 unspecified atom stereocenters. The second-order valence-corrected chi connectivity index (χ2v) is 18.9. The van der Waals surface area contributed by atoms with Crippen LogP contribution in [0.25, 0.3) is 0 Å². The monoisotopic (exact) mass is 910 g/mol. The Bertz CT molecular complexity index is 2070. The van der Waals surface area contributed by atoms with Crippen LogP contribution in [-0.4, -0.2) is 109 Å². The maximum absolute atomic E-state index is 13.7. The van der Waals surface area contributed by atoms with Crippen LogP contribution in [0.15, 0.2) is 72.8 Å². The van der Waals surface area contributed by atoms with E-state index in [1.807, 2.05) is 90.1 Å². The number of hydrogen-bond donors (Lipinski definition) is 5. The van der Waals surface area contributed by atoms with Gasteiger partial charge in [-0.25, -0.2) is 9.59 Å². The molecule has 6 rings (SSSR count). The Kier molecular flexibility index (Phi) is 16.0. The van der Waals surface area contributed by atoms with Crippen LogP contribution < -0.4 is 26.2 Å². The lowest BCUT2D eigenvalue weighted by Crippen LogP contribution is -2.54. The molecule has 0 radical (unpaired) electrons. The number of hydrogen-bond acceptors (Lipinski definition) is 10. The number of carbonyl (C=O) groups is 6. The van der Waals surface area contributed by atoms with Crippen LogP contribution in [0.2, 0.25) is 0 Å². The fourth-order valence-electron chi connectivity index (χ4n) is 9.39. The van der Waals surface area contributed by atoms with Crippen molar-refractivity contribution in [2.24, 2.45) is 11.8 Å². The number of anilines is 3. The fraction of sp³-hybridized carbons (Fsp3) is 0.520. The van der Waals surface area contributed by atoms with Gasteiger partial charge in [0.15, 0.2) is 0 Å². The predicted octanol–water partition coefficient (Wildman–Crippen LogP) is 6.66. The third-order valence-corrected chi connectivity index (χ3v) is 13.3. The van der Waals surface area contributed by atoms with Crippen molar-refractivity contribution in [3.05, 3.63) is 89.5 Å². The molecule has 6 amide bonds. The van der Waals surface area contributed by atoms with Crippen molar-refractivity contribution < 1.29 is 43.3 Å². The summed E-state index contributed by atoms with van der Waals surface area (Å²) in [5.74, 6) is -1.63. The van der Waals surface area contributed by atoms with Crippen molar-refractivity contribution in [2.45, 2.75) is 122 Å². The van der Waals surface area contributed by atoms with Gasteiger partial charge < -0.3 is 50.5 Å². The first-order valence-corrected chi connectivity index (χ1v) is 23.1. The molecule has 6 atom stereocenters. The number of aliphatic hydroxyl groups excluding tert-OH is 1. The van der Waals surface area contributed by atoms with E-state index in [1.165, 1.54) is 14.2 Å². The van der Waals surface area contributed by atoms with E-state index in [1.54, 1.807) is 9.80 Å². The number of nitrogens with zero attached hydrogens (tertiary/aromatic N) is 3. The smallest absolute Gasteiger partial charge is 0.407 e. The summed E-state index contributed by atoms with van der Waals surface area (Å²) in [5, 5.41) is 21.4. The van der Waals surface area contributed by atoms with Crippen molar-refractivity contribution in [2.75, 3.05) is 49.4 Å². The molecule has 3 aliphatic heterocycles. The molecule has 3 aromatic rings. The van der Waals surface area contributed by atoms with Crippen LogP contribution in [0.1, 0.15) is 109 Å². The molecule has 0 bridgehead atoms. The summed E-state index contributed by atoms with van der Waals surface area (Å²) in [6.45, 7) is 12.2. The van der Waals surface area contributed by atoms with Crippen LogP contribution >= 0.6 is 0 Å². The van der Waals surface area contributed by atoms with Gasteiger partial charge in [-0.15, -0.1) is 0 Å².